The molecule has 0 saturated heterocycles. The molecular formula is C16H15ClN2O2. The Bertz CT molecular complexity index is 636. The second kappa shape index (κ2) is 6.90. The number of halogens is 1. The lowest BCUT2D eigenvalue weighted by atomic mass is 10.2. The van der Waals surface area contributed by atoms with Gasteiger partial charge in [-0.05, 0) is 48.5 Å². The molecule has 2 aromatic rings. The molecular weight excluding hydrogens is 288 g/mol. The van der Waals surface area contributed by atoms with Gasteiger partial charge in [0.2, 0.25) is 5.91 Å². The van der Waals surface area contributed by atoms with Crippen LogP contribution in [-0.2, 0) is 4.79 Å². The Balaban J connectivity index is 2.02. The number of anilines is 2. The van der Waals surface area contributed by atoms with E-state index < -0.39 is 0 Å². The summed E-state index contributed by atoms with van der Waals surface area (Å²) in [5.41, 5.74) is 1.86. The molecule has 0 aromatic heterocycles. The van der Waals surface area contributed by atoms with Crippen LogP contribution >= 0.6 is 11.6 Å². The van der Waals surface area contributed by atoms with Gasteiger partial charge in [0.25, 0.3) is 5.91 Å². The summed E-state index contributed by atoms with van der Waals surface area (Å²) in [6, 6.07) is 13.6. The molecule has 4 nitrogen and oxygen atoms in total. The highest BCUT2D eigenvalue weighted by Crippen LogP contribution is 2.15. The first kappa shape index (κ1) is 15.1. The van der Waals surface area contributed by atoms with Gasteiger partial charge in [0.05, 0.1) is 0 Å². The number of rotatable bonds is 4. The summed E-state index contributed by atoms with van der Waals surface area (Å²) in [5, 5.41) is 6.12. The molecule has 0 atom stereocenters. The predicted octanol–water partition coefficient (Wildman–Crippen LogP) is 3.94. The minimum atomic E-state index is -0.217. The van der Waals surface area contributed by atoms with Crippen molar-refractivity contribution in [3.8, 4) is 0 Å². The predicted molar refractivity (Wildman–Crippen MR) is 84.8 cm³/mol. The third kappa shape index (κ3) is 4.33. The Morgan fingerprint density at radius 2 is 1.43 bits per heavy atom. The summed E-state index contributed by atoms with van der Waals surface area (Å²) < 4.78 is 0. The number of amides is 2. The molecule has 0 unspecified atom stereocenters. The van der Waals surface area contributed by atoms with Crippen LogP contribution in [0, 0.1) is 0 Å². The van der Waals surface area contributed by atoms with Crippen LogP contribution in [0.4, 0.5) is 11.4 Å². The maximum atomic E-state index is 12.1. The quantitative estimate of drug-likeness (QED) is 0.898. The molecule has 2 amide bonds. The largest absolute Gasteiger partial charge is 0.326 e. The molecule has 5 heteroatoms. The van der Waals surface area contributed by atoms with Gasteiger partial charge in [-0.1, -0.05) is 18.5 Å². The van der Waals surface area contributed by atoms with Gasteiger partial charge in [-0.25, -0.2) is 0 Å². The van der Waals surface area contributed by atoms with Gasteiger partial charge in [0, 0.05) is 28.4 Å². The van der Waals surface area contributed by atoms with Gasteiger partial charge in [0.15, 0.2) is 0 Å². The minimum absolute atomic E-state index is 0.0617. The van der Waals surface area contributed by atoms with Crippen molar-refractivity contribution in [1.82, 2.24) is 0 Å². The number of carbonyl (C=O) groups is 2. The van der Waals surface area contributed by atoms with E-state index in [1.54, 1.807) is 55.5 Å². The summed E-state index contributed by atoms with van der Waals surface area (Å²) >= 11 is 5.79. The van der Waals surface area contributed by atoms with Crippen LogP contribution in [0.3, 0.4) is 0 Å². The van der Waals surface area contributed by atoms with Crippen molar-refractivity contribution in [2.75, 3.05) is 10.6 Å². The Morgan fingerprint density at radius 1 is 0.905 bits per heavy atom. The average Bonchev–Trinajstić information content (AvgIpc) is 2.50. The first-order chi connectivity index (χ1) is 10.1. The van der Waals surface area contributed by atoms with Crippen LogP contribution in [-0.4, -0.2) is 11.8 Å². The summed E-state index contributed by atoms with van der Waals surface area (Å²) in [7, 11) is 0. The summed E-state index contributed by atoms with van der Waals surface area (Å²) in [6.07, 6.45) is 0.415. The van der Waals surface area contributed by atoms with E-state index in [0.29, 0.717) is 28.4 Å². The highest BCUT2D eigenvalue weighted by atomic mass is 35.5. The summed E-state index contributed by atoms with van der Waals surface area (Å²) in [5.74, 6) is -0.279. The van der Waals surface area contributed by atoms with E-state index >= 15 is 0 Å². The Labute approximate surface area is 128 Å². The highest BCUT2D eigenvalue weighted by molar-refractivity contribution is 6.30. The van der Waals surface area contributed by atoms with Crippen LogP contribution in [0.1, 0.15) is 23.7 Å². The van der Waals surface area contributed by atoms with Crippen molar-refractivity contribution in [3.63, 3.8) is 0 Å². The fourth-order valence-corrected chi connectivity index (χ4v) is 1.82. The second-order valence-electron chi connectivity index (χ2n) is 4.44. The number of hydrogen-bond donors (Lipinski definition) is 2. The van der Waals surface area contributed by atoms with Crippen LogP contribution in [0.15, 0.2) is 48.5 Å². The van der Waals surface area contributed by atoms with E-state index in [-0.39, 0.29) is 11.8 Å². The number of carbonyl (C=O) groups excluding carboxylic acids is 2. The topological polar surface area (TPSA) is 58.2 Å². The number of hydrogen-bond acceptors (Lipinski definition) is 2. The van der Waals surface area contributed by atoms with Crippen LogP contribution in [0.5, 0.6) is 0 Å². The molecule has 0 fully saturated rings. The van der Waals surface area contributed by atoms with Gasteiger partial charge in [0.1, 0.15) is 0 Å². The molecule has 21 heavy (non-hydrogen) atoms. The molecule has 2 rings (SSSR count). The smallest absolute Gasteiger partial charge is 0.255 e. The first-order valence-corrected chi connectivity index (χ1v) is 6.93. The van der Waals surface area contributed by atoms with Gasteiger partial charge in [-0.3, -0.25) is 9.59 Å². The highest BCUT2D eigenvalue weighted by Gasteiger charge is 2.06. The van der Waals surface area contributed by atoms with E-state index in [1.165, 1.54) is 0 Å². The van der Waals surface area contributed by atoms with Crippen LogP contribution < -0.4 is 10.6 Å². The lowest BCUT2D eigenvalue weighted by molar-refractivity contribution is -0.115. The molecule has 2 N–H and O–H groups in total. The van der Waals surface area contributed by atoms with Crippen molar-refractivity contribution >= 4 is 34.8 Å². The molecule has 0 radical (unpaired) electrons. The van der Waals surface area contributed by atoms with E-state index in [2.05, 4.69) is 10.6 Å². The van der Waals surface area contributed by atoms with Gasteiger partial charge < -0.3 is 10.6 Å². The molecule has 0 saturated carbocycles. The zero-order valence-electron chi connectivity index (χ0n) is 11.5. The SMILES string of the molecule is CCC(=O)Nc1ccc(C(=O)Nc2ccc(Cl)cc2)cc1. The molecule has 0 bridgehead atoms. The fraction of sp³-hybridized carbons (Fsp3) is 0.125. The van der Waals surface area contributed by atoms with E-state index in [1.807, 2.05) is 0 Å². The van der Waals surface area contributed by atoms with Crippen molar-refractivity contribution < 1.29 is 9.59 Å². The zero-order chi connectivity index (χ0) is 15.2. The normalized spacial score (nSPS) is 10.0. The lowest BCUT2D eigenvalue weighted by Gasteiger charge is -2.07. The molecule has 0 spiro atoms. The molecule has 108 valence electrons. The average molecular weight is 303 g/mol. The fourth-order valence-electron chi connectivity index (χ4n) is 1.69. The van der Waals surface area contributed by atoms with Crippen molar-refractivity contribution in [1.29, 1.82) is 0 Å². The van der Waals surface area contributed by atoms with E-state index in [0.717, 1.165) is 0 Å². The lowest BCUT2D eigenvalue weighted by Crippen LogP contribution is -2.12. The van der Waals surface area contributed by atoms with Gasteiger partial charge in [-0.2, -0.15) is 0 Å². The number of nitrogens with one attached hydrogen (secondary N) is 2. The molecule has 0 heterocycles. The van der Waals surface area contributed by atoms with E-state index in [9.17, 15) is 9.59 Å². The number of benzene rings is 2. The van der Waals surface area contributed by atoms with E-state index in [4.69, 9.17) is 11.6 Å². The Kier molecular flexibility index (Phi) is 4.95. The van der Waals surface area contributed by atoms with Crippen molar-refractivity contribution in [2.24, 2.45) is 0 Å². The maximum Gasteiger partial charge on any atom is 0.255 e. The summed E-state index contributed by atoms with van der Waals surface area (Å²) in [6.45, 7) is 1.78. The molecule has 0 aliphatic rings. The van der Waals surface area contributed by atoms with Crippen molar-refractivity contribution in [3.05, 3.63) is 59.1 Å². The summed E-state index contributed by atoms with van der Waals surface area (Å²) in [4.78, 5) is 23.3. The standard InChI is InChI=1S/C16H15ClN2O2/c1-2-15(20)18-13-7-3-11(4-8-13)16(21)19-14-9-5-12(17)6-10-14/h3-10H,2H2,1H3,(H,18,20)(H,19,21). The van der Waals surface area contributed by atoms with Crippen molar-refractivity contribution in [2.45, 2.75) is 13.3 Å². The maximum absolute atomic E-state index is 12.1. The Morgan fingerprint density at radius 3 is 2.00 bits per heavy atom. The first-order valence-electron chi connectivity index (χ1n) is 6.55. The monoisotopic (exact) mass is 302 g/mol. The van der Waals surface area contributed by atoms with Crippen LogP contribution in [0.25, 0.3) is 0 Å². The third-order valence-electron chi connectivity index (χ3n) is 2.85. The second-order valence-corrected chi connectivity index (χ2v) is 4.88. The molecule has 2 aromatic carbocycles. The van der Waals surface area contributed by atoms with Gasteiger partial charge >= 0.3 is 0 Å². The van der Waals surface area contributed by atoms with Crippen LogP contribution in [0.2, 0.25) is 5.02 Å². The molecule has 0 aliphatic carbocycles. The zero-order valence-corrected chi connectivity index (χ0v) is 12.3. The third-order valence-corrected chi connectivity index (χ3v) is 3.11. The minimum Gasteiger partial charge on any atom is -0.326 e. The Hall–Kier alpha value is -2.33. The van der Waals surface area contributed by atoms with Gasteiger partial charge in [-0.15, -0.1) is 0 Å². The molecule has 0 aliphatic heterocycles.